The summed E-state index contributed by atoms with van der Waals surface area (Å²) < 4.78 is 0. The van der Waals surface area contributed by atoms with E-state index in [1.807, 2.05) is 18.4 Å². The number of thiazole rings is 1. The second-order valence-corrected chi connectivity index (χ2v) is 6.06. The predicted octanol–water partition coefficient (Wildman–Crippen LogP) is 2.69. The Kier molecular flexibility index (Phi) is 3.31. The summed E-state index contributed by atoms with van der Waals surface area (Å²) in [6, 6.07) is 2.01. The normalized spacial score (nSPS) is 11.0. The summed E-state index contributed by atoms with van der Waals surface area (Å²) in [5.74, 6) is 1.11. The van der Waals surface area contributed by atoms with Gasteiger partial charge in [0.05, 0.1) is 16.1 Å². The maximum absolute atomic E-state index is 5.70. The predicted molar refractivity (Wildman–Crippen MR) is 80.9 cm³/mol. The molecule has 0 saturated heterocycles. The van der Waals surface area contributed by atoms with Crippen molar-refractivity contribution in [2.75, 3.05) is 17.6 Å². The van der Waals surface area contributed by atoms with Gasteiger partial charge in [0.1, 0.15) is 10.6 Å². The first kappa shape index (κ1) is 12.3. The molecular formula is C12H13N5S2. The summed E-state index contributed by atoms with van der Waals surface area (Å²) in [4.78, 5) is 13.8. The number of rotatable bonds is 4. The molecule has 0 aliphatic carbocycles. The Morgan fingerprint density at radius 2 is 2.16 bits per heavy atom. The smallest absolute Gasteiger partial charge is 0.223 e. The fourth-order valence-electron chi connectivity index (χ4n) is 1.84. The van der Waals surface area contributed by atoms with Crippen molar-refractivity contribution in [1.29, 1.82) is 0 Å². The molecule has 3 heterocycles. The third kappa shape index (κ3) is 2.66. The van der Waals surface area contributed by atoms with Gasteiger partial charge in [-0.05, 0) is 18.4 Å². The van der Waals surface area contributed by atoms with Crippen LogP contribution in [0.1, 0.15) is 10.7 Å². The van der Waals surface area contributed by atoms with E-state index in [0.29, 0.717) is 5.95 Å². The Morgan fingerprint density at radius 3 is 2.95 bits per heavy atom. The molecule has 7 heteroatoms. The van der Waals surface area contributed by atoms with Crippen molar-refractivity contribution in [3.05, 3.63) is 27.5 Å². The van der Waals surface area contributed by atoms with Crippen LogP contribution in [0.3, 0.4) is 0 Å². The first-order valence-corrected chi connectivity index (χ1v) is 7.64. The van der Waals surface area contributed by atoms with E-state index in [4.69, 9.17) is 5.73 Å². The molecule has 0 saturated carbocycles. The largest absolute Gasteiger partial charge is 0.369 e. The summed E-state index contributed by atoms with van der Waals surface area (Å²) in [5, 5.41) is 9.52. The second-order valence-electron chi connectivity index (χ2n) is 4.10. The van der Waals surface area contributed by atoms with Crippen LogP contribution in [0.5, 0.6) is 0 Å². The van der Waals surface area contributed by atoms with Crippen molar-refractivity contribution < 1.29 is 0 Å². The molecule has 0 radical (unpaired) electrons. The zero-order valence-electron chi connectivity index (χ0n) is 10.4. The van der Waals surface area contributed by atoms with Crippen molar-refractivity contribution in [1.82, 2.24) is 15.0 Å². The van der Waals surface area contributed by atoms with E-state index in [2.05, 4.69) is 25.6 Å². The van der Waals surface area contributed by atoms with Gasteiger partial charge in [-0.2, -0.15) is 4.98 Å². The van der Waals surface area contributed by atoms with Crippen molar-refractivity contribution in [3.63, 3.8) is 0 Å². The average molecular weight is 291 g/mol. The number of nitrogen functional groups attached to an aromatic ring is 1. The number of anilines is 2. The van der Waals surface area contributed by atoms with Gasteiger partial charge in [0.25, 0.3) is 0 Å². The van der Waals surface area contributed by atoms with Crippen LogP contribution >= 0.6 is 22.7 Å². The van der Waals surface area contributed by atoms with Crippen molar-refractivity contribution >= 4 is 44.7 Å². The summed E-state index contributed by atoms with van der Waals surface area (Å²) in [6.07, 6.45) is 0.875. The van der Waals surface area contributed by atoms with Crippen molar-refractivity contribution in [2.24, 2.45) is 0 Å². The van der Waals surface area contributed by atoms with E-state index in [-0.39, 0.29) is 0 Å². The molecule has 0 amide bonds. The standard InChI is InChI=1S/C12H13N5S2/c1-7-15-8(6-19-7)2-4-14-10-9-3-5-18-11(9)17-12(13)16-10/h3,5-6H,2,4H2,1H3,(H3,13,14,16,17). The van der Waals surface area contributed by atoms with Gasteiger partial charge in [-0.15, -0.1) is 22.7 Å². The number of aromatic nitrogens is 3. The number of thiophene rings is 1. The fourth-order valence-corrected chi connectivity index (χ4v) is 3.26. The van der Waals surface area contributed by atoms with Gasteiger partial charge in [-0.3, -0.25) is 0 Å². The number of nitrogens with zero attached hydrogens (tertiary/aromatic N) is 3. The molecule has 3 N–H and O–H groups in total. The Labute approximate surface area is 118 Å². The molecule has 0 bridgehead atoms. The Balaban J connectivity index is 1.73. The Bertz CT molecular complexity index is 703. The number of hydrogen-bond acceptors (Lipinski definition) is 7. The highest BCUT2D eigenvalue weighted by Gasteiger charge is 2.07. The molecule has 3 aromatic heterocycles. The maximum atomic E-state index is 5.70. The monoisotopic (exact) mass is 291 g/mol. The minimum atomic E-state index is 0.307. The lowest BCUT2D eigenvalue weighted by Crippen LogP contribution is -2.08. The van der Waals surface area contributed by atoms with Gasteiger partial charge in [0.15, 0.2) is 0 Å². The van der Waals surface area contributed by atoms with E-state index in [0.717, 1.165) is 39.7 Å². The van der Waals surface area contributed by atoms with Crippen LogP contribution in [0.2, 0.25) is 0 Å². The number of nitrogens with one attached hydrogen (secondary N) is 1. The van der Waals surface area contributed by atoms with E-state index >= 15 is 0 Å². The van der Waals surface area contributed by atoms with Crippen LogP contribution in [0.4, 0.5) is 11.8 Å². The number of aryl methyl sites for hydroxylation is 1. The van der Waals surface area contributed by atoms with Gasteiger partial charge in [0, 0.05) is 18.3 Å². The average Bonchev–Trinajstić information content (AvgIpc) is 2.98. The molecule has 0 unspecified atom stereocenters. The van der Waals surface area contributed by atoms with Gasteiger partial charge in [-0.25, -0.2) is 9.97 Å². The molecule has 3 rings (SSSR count). The lowest BCUT2D eigenvalue weighted by molar-refractivity contribution is 0.962. The third-order valence-electron chi connectivity index (χ3n) is 2.68. The molecule has 0 aliphatic heterocycles. The zero-order valence-corrected chi connectivity index (χ0v) is 12.0. The highest BCUT2D eigenvalue weighted by molar-refractivity contribution is 7.16. The summed E-state index contributed by atoms with van der Waals surface area (Å²) in [5.41, 5.74) is 6.81. The van der Waals surface area contributed by atoms with Gasteiger partial charge in [-0.1, -0.05) is 0 Å². The topological polar surface area (TPSA) is 76.7 Å². The lowest BCUT2D eigenvalue weighted by atomic mass is 10.3. The molecule has 19 heavy (non-hydrogen) atoms. The quantitative estimate of drug-likeness (QED) is 0.773. The van der Waals surface area contributed by atoms with Crippen molar-refractivity contribution in [2.45, 2.75) is 13.3 Å². The second kappa shape index (κ2) is 5.10. The first-order chi connectivity index (χ1) is 9.22. The molecule has 0 aromatic carbocycles. The van der Waals surface area contributed by atoms with E-state index in [1.54, 1.807) is 22.7 Å². The highest BCUT2D eigenvalue weighted by Crippen LogP contribution is 2.25. The first-order valence-electron chi connectivity index (χ1n) is 5.88. The summed E-state index contributed by atoms with van der Waals surface area (Å²) >= 11 is 3.24. The van der Waals surface area contributed by atoms with E-state index in [9.17, 15) is 0 Å². The Hall–Kier alpha value is -1.73. The van der Waals surface area contributed by atoms with Crippen LogP contribution in [0.25, 0.3) is 10.2 Å². The minimum Gasteiger partial charge on any atom is -0.369 e. The maximum Gasteiger partial charge on any atom is 0.223 e. The van der Waals surface area contributed by atoms with Crippen molar-refractivity contribution in [3.8, 4) is 0 Å². The van der Waals surface area contributed by atoms with Crippen LogP contribution in [0, 0.1) is 6.92 Å². The SMILES string of the molecule is Cc1nc(CCNc2nc(N)nc3sccc23)cs1. The third-order valence-corrected chi connectivity index (χ3v) is 4.31. The summed E-state index contributed by atoms with van der Waals surface area (Å²) in [6.45, 7) is 2.80. The molecule has 0 spiro atoms. The van der Waals surface area contributed by atoms with Gasteiger partial charge in [0.2, 0.25) is 5.95 Å². The molecule has 0 atom stereocenters. The minimum absolute atomic E-state index is 0.307. The Morgan fingerprint density at radius 1 is 1.26 bits per heavy atom. The van der Waals surface area contributed by atoms with Crippen LogP contribution in [-0.4, -0.2) is 21.5 Å². The molecule has 98 valence electrons. The molecule has 0 aliphatic rings. The van der Waals surface area contributed by atoms with Crippen LogP contribution < -0.4 is 11.1 Å². The number of hydrogen-bond donors (Lipinski definition) is 2. The molecule has 5 nitrogen and oxygen atoms in total. The number of fused-ring (bicyclic) bond motifs is 1. The lowest BCUT2D eigenvalue weighted by Gasteiger charge is -2.06. The zero-order chi connectivity index (χ0) is 13.2. The summed E-state index contributed by atoms with van der Waals surface area (Å²) in [7, 11) is 0. The molecular weight excluding hydrogens is 278 g/mol. The number of nitrogens with two attached hydrogens (primary N) is 1. The molecule has 0 fully saturated rings. The van der Waals surface area contributed by atoms with Gasteiger partial charge >= 0.3 is 0 Å². The molecule has 3 aromatic rings. The van der Waals surface area contributed by atoms with Gasteiger partial charge < -0.3 is 11.1 Å². The van der Waals surface area contributed by atoms with Crippen LogP contribution in [0.15, 0.2) is 16.8 Å². The van der Waals surface area contributed by atoms with E-state index in [1.165, 1.54) is 0 Å². The fraction of sp³-hybridized carbons (Fsp3) is 0.250. The van der Waals surface area contributed by atoms with E-state index < -0.39 is 0 Å². The van der Waals surface area contributed by atoms with Crippen LogP contribution in [-0.2, 0) is 6.42 Å². The highest BCUT2D eigenvalue weighted by atomic mass is 32.1.